The van der Waals surface area contributed by atoms with Crippen LogP contribution in [0.5, 0.6) is 0 Å². The maximum absolute atomic E-state index is 13.8. The lowest BCUT2D eigenvalue weighted by Gasteiger charge is -2.31. The number of amides is 1. The zero-order chi connectivity index (χ0) is 18.6. The second kappa shape index (κ2) is 7.61. The molecule has 0 saturated carbocycles. The van der Waals surface area contributed by atoms with Gasteiger partial charge in [-0.05, 0) is 24.5 Å². The highest BCUT2D eigenvalue weighted by atomic mass is 19.1. The van der Waals surface area contributed by atoms with Gasteiger partial charge in [0.2, 0.25) is 5.91 Å². The number of nitrogens with zero attached hydrogens (tertiary/aromatic N) is 5. The van der Waals surface area contributed by atoms with Crippen molar-refractivity contribution in [1.29, 1.82) is 0 Å². The molecule has 1 fully saturated rings. The van der Waals surface area contributed by atoms with Crippen molar-refractivity contribution in [2.75, 3.05) is 13.1 Å². The molecule has 1 saturated heterocycles. The van der Waals surface area contributed by atoms with Crippen LogP contribution in [0.15, 0.2) is 47.4 Å². The van der Waals surface area contributed by atoms with Crippen molar-refractivity contribution < 1.29 is 13.7 Å². The Hall–Kier alpha value is -3.16. The average molecular weight is 367 g/mol. The van der Waals surface area contributed by atoms with Gasteiger partial charge >= 0.3 is 0 Å². The number of piperidine rings is 1. The highest BCUT2D eigenvalue weighted by molar-refractivity contribution is 5.79. The zero-order valence-corrected chi connectivity index (χ0v) is 14.6. The first-order valence-electron chi connectivity index (χ1n) is 8.82. The van der Waals surface area contributed by atoms with Crippen molar-refractivity contribution in [3.05, 3.63) is 60.1 Å². The molecule has 1 aliphatic heterocycles. The molecule has 3 heterocycles. The molecule has 1 amide bonds. The van der Waals surface area contributed by atoms with E-state index in [4.69, 9.17) is 4.52 Å². The highest BCUT2D eigenvalue weighted by Gasteiger charge is 2.28. The van der Waals surface area contributed by atoms with Gasteiger partial charge in [-0.25, -0.2) is 9.37 Å². The van der Waals surface area contributed by atoms with Crippen molar-refractivity contribution >= 4 is 5.91 Å². The molecule has 2 aromatic heterocycles. The first kappa shape index (κ1) is 17.3. The number of carbonyl (C=O) groups excluding carboxylic acids is 1. The van der Waals surface area contributed by atoms with E-state index < -0.39 is 0 Å². The Kier molecular flexibility index (Phi) is 4.86. The molecule has 1 aliphatic rings. The summed E-state index contributed by atoms with van der Waals surface area (Å²) in [6, 6.07) is 6.36. The standard InChI is InChI=1S/C19H18FN5O2/c20-15-6-2-1-4-13(15)10-17(26)25-9-3-5-14(12-25)18-23-19(27-24-18)16-11-21-7-8-22-16/h1-2,4,6-8,11,14H,3,5,9-10,12H2. The molecule has 1 aromatic carbocycles. The van der Waals surface area contributed by atoms with E-state index in [9.17, 15) is 9.18 Å². The van der Waals surface area contributed by atoms with Crippen LogP contribution in [0, 0.1) is 5.82 Å². The van der Waals surface area contributed by atoms with Gasteiger partial charge < -0.3 is 9.42 Å². The predicted molar refractivity (Wildman–Crippen MR) is 94.0 cm³/mol. The van der Waals surface area contributed by atoms with Gasteiger partial charge in [0.15, 0.2) is 5.82 Å². The van der Waals surface area contributed by atoms with Crippen LogP contribution in [0.25, 0.3) is 11.6 Å². The van der Waals surface area contributed by atoms with Crippen molar-refractivity contribution in [3.8, 4) is 11.6 Å². The van der Waals surface area contributed by atoms with E-state index in [0.717, 1.165) is 12.8 Å². The second-order valence-electron chi connectivity index (χ2n) is 6.50. The van der Waals surface area contributed by atoms with Gasteiger partial charge in [-0.3, -0.25) is 9.78 Å². The molecular weight excluding hydrogens is 349 g/mol. The van der Waals surface area contributed by atoms with Crippen LogP contribution in [0.2, 0.25) is 0 Å². The monoisotopic (exact) mass is 367 g/mol. The Bertz CT molecular complexity index is 931. The van der Waals surface area contributed by atoms with Crippen molar-refractivity contribution in [3.63, 3.8) is 0 Å². The number of aromatic nitrogens is 4. The summed E-state index contributed by atoms with van der Waals surface area (Å²) in [4.78, 5) is 26.9. The van der Waals surface area contributed by atoms with Crippen molar-refractivity contribution in [2.45, 2.75) is 25.2 Å². The van der Waals surface area contributed by atoms with Gasteiger partial charge in [0, 0.05) is 31.4 Å². The lowest BCUT2D eigenvalue weighted by molar-refractivity contribution is -0.131. The van der Waals surface area contributed by atoms with Crippen LogP contribution in [0.4, 0.5) is 4.39 Å². The number of benzene rings is 1. The quantitative estimate of drug-likeness (QED) is 0.705. The van der Waals surface area contributed by atoms with E-state index in [1.54, 1.807) is 41.7 Å². The minimum atomic E-state index is -0.355. The molecule has 0 aliphatic carbocycles. The van der Waals surface area contributed by atoms with Crippen molar-refractivity contribution in [1.82, 2.24) is 25.0 Å². The third-order valence-corrected chi connectivity index (χ3v) is 4.66. The first-order chi connectivity index (χ1) is 13.2. The SMILES string of the molecule is O=C(Cc1ccccc1F)N1CCCC(c2noc(-c3cnccn3)n2)C1. The number of rotatable bonds is 4. The highest BCUT2D eigenvalue weighted by Crippen LogP contribution is 2.27. The number of carbonyl (C=O) groups is 1. The summed E-state index contributed by atoms with van der Waals surface area (Å²) in [7, 11) is 0. The third-order valence-electron chi connectivity index (χ3n) is 4.66. The Morgan fingerprint density at radius 1 is 1.30 bits per heavy atom. The van der Waals surface area contributed by atoms with E-state index in [2.05, 4.69) is 20.1 Å². The van der Waals surface area contributed by atoms with Gasteiger partial charge in [-0.2, -0.15) is 4.98 Å². The van der Waals surface area contributed by atoms with E-state index in [0.29, 0.717) is 36.1 Å². The van der Waals surface area contributed by atoms with Crippen LogP contribution in [-0.4, -0.2) is 44.0 Å². The predicted octanol–water partition coefficient (Wildman–Crippen LogP) is 2.61. The summed E-state index contributed by atoms with van der Waals surface area (Å²) in [6.07, 6.45) is 6.44. The van der Waals surface area contributed by atoms with Crippen molar-refractivity contribution in [2.24, 2.45) is 0 Å². The summed E-state index contributed by atoms with van der Waals surface area (Å²) in [6.45, 7) is 1.14. The minimum absolute atomic E-state index is 0.0162. The topological polar surface area (TPSA) is 85.0 Å². The van der Waals surface area contributed by atoms with Crippen LogP contribution in [0.3, 0.4) is 0 Å². The molecule has 138 valence electrons. The van der Waals surface area contributed by atoms with E-state index in [-0.39, 0.29) is 24.1 Å². The molecule has 27 heavy (non-hydrogen) atoms. The largest absolute Gasteiger partial charge is 0.342 e. The molecule has 0 N–H and O–H groups in total. The maximum atomic E-state index is 13.8. The molecule has 8 heteroatoms. The molecule has 3 aromatic rings. The Morgan fingerprint density at radius 2 is 2.19 bits per heavy atom. The third kappa shape index (κ3) is 3.84. The van der Waals surface area contributed by atoms with Gasteiger partial charge in [-0.1, -0.05) is 23.4 Å². The Morgan fingerprint density at radius 3 is 3.00 bits per heavy atom. The molecular formula is C19H18FN5O2. The lowest BCUT2D eigenvalue weighted by atomic mass is 9.96. The molecule has 0 radical (unpaired) electrons. The molecule has 7 nitrogen and oxygen atoms in total. The molecule has 0 bridgehead atoms. The van der Waals surface area contributed by atoms with Gasteiger partial charge in [0.05, 0.1) is 12.6 Å². The lowest BCUT2D eigenvalue weighted by Crippen LogP contribution is -2.40. The van der Waals surface area contributed by atoms with E-state index >= 15 is 0 Å². The van der Waals surface area contributed by atoms with E-state index in [1.807, 2.05) is 0 Å². The maximum Gasteiger partial charge on any atom is 0.278 e. The second-order valence-corrected chi connectivity index (χ2v) is 6.50. The summed E-state index contributed by atoms with van der Waals surface area (Å²) >= 11 is 0. The van der Waals surface area contributed by atoms with Gasteiger partial charge in [-0.15, -0.1) is 0 Å². The number of hydrogen-bond donors (Lipinski definition) is 0. The van der Waals surface area contributed by atoms with Crippen LogP contribution < -0.4 is 0 Å². The average Bonchev–Trinajstić information content (AvgIpc) is 3.21. The summed E-state index contributed by atoms with van der Waals surface area (Å²) in [5.74, 6) is 0.401. The fourth-order valence-electron chi connectivity index (χ4n) is 3.25. The normalized spacial score (nSPS) is 17.1. The van der Waals surface area contributed by atoms with Crippen LogP contribution in [0.1, 0.15) is 30.1 Å². The number of likely N-dealkylation sites (tertiary alicyclic amines) is 1. The Labute approximate surface area is 155 Å². The minimum Gasteiger partial charge on any atom is -0.342 e. The number of halogens is 1. The molecule has 1 unspecified atom stereocenters. The van der Waals surface area contributed by atoms with Gasteiger partial charge in [0.25, 0.3) is 5.89 Å². The molecule has 4 rings (SSSR count). The van der Waals surface area contributed by atoms with E-state index in [1.165, 1.54) is 6.07 Å². The zero-order valence-electron chi connectivity index (χ0n) is 14.6. The molecule has 0 spiro atoms. The van der Waals surface area contributed by atoms with Crippen LogP contribution in [-0.2, 0) is 11.2 Å². The fourth-order valence-corrected chi connectivity index (χ4v) is 3.25. The summed E-state index contributed by atoms with van der Waals surface area (Å²) < 4.78 is 19.1. The fraction of sp³-hybridized carbons (Fsp3) is 0.316. The summed E-state index contributed by atoms with van der Waals surface area (Å²) in [5, 5.41) is 4.06. The first-order valence-corrected chi connectivity index (χ1v) is 8.82. The Balaban J connectivity index is 1.45. The van der Waals surface area contributed by atoms with Gasteiger partial charge in [0.1, 0.15) is 11.5 Å². The molecule has 1 atom stereocenters. The summed E-state index contributed by atoms with van der Waals surface area (Å²) in [5.41, 5.74) is 0.925. The smallest absolute Gasteiger partial charge is 0.278 e. The van der Waals surface area contributed by atoms with Crippen LogP contribution >= 0.6 is 0 Å². The number of hydrogen-bond acceptors (Lipinski definition) is 6.